The highest BCUT2D eigenvalue weighted by molar-refractivity contribution is 5.94. The first-order chi connectivity index (χ1) is 23.2. The fourth-order valence-electron chi connectivity index (χ4n) is 5.98. The van der Waals surface area contributed by atoms with E-state index < -0.39 is 24.1 Å². The van der Waals surface area contributed by atoms with Gasteiger partial charge in [0.25, 0.3) is 5.91 Å². The molecule has 4 aromatic rings. The number of hydrogen-bond donors (Lipinski definition) is 5. The molecule has 4 unspecified atom stereocenters. The number of aliphatic hydroxyl groups is 1. The molecule has 0 saturated heterocycles. The normalized spacial score (nSPS) is 13.7. The van der Waals surface area contributed by atoms with Crippen molar-refractivity contribution in [2.45, 2.75) is 63.3 Å². The summed E-state index contributed by atoms with van der Waals surface area (Å²) >= 11 is 0. The molecule has 4 atom stereocenters. The number of carbonyl (C=O) groups excluding carboxylic acids is 3. The van der Waals surface area contributed by atoms with E-state index >= 15 is 0 Å². The summed E-state index contributed by atoms with van der Waals surface area (Å²) < 4.78 is 0. The first kappa shape index (κ1) is 36.3. The Labute approximate surface area is 283 Å². The fraction of sp³-hybridized carbons (Fsp3) is 0.359. The van der Waals surface area contributed by atoms with E-state index in [1.54, 1.807) is 32.3 Å². The van der Waals surface area contributed by atoms with Crippen LogP contribution in [0.4, 0.5) is 0 Å². The topological polar surface area (TPSA) is 151 Å². The molecular formula is C39H49N5O4. The highest BCUT2D eigenvalue weighted by Gasteiger charge is 2.31. The van der Waals surface area contributed by atoms with Crippen molar-refractivity contribution in [3.8, 4) is 0 Å². The number of aliphatic hydroxyl groups excluding tert-OH is 1. The molecular weight excluding hydrogens is 602 g/mol. The van der Waals surface area contributed by atoms with Crippen LogP contribution in [0.25, 0.3) is 10.8 Å². The molecule has 0 spiro atoms. The van der Waals surface area contributed by atoms with E-state index in [9.17, 15) is 19.5 Å². The Balaban J connectivity index is 1.62. The number of amides is 3. The molecule has 0 aromatic heterocycles. The number of nitrogens with two attached hydrogens (primary N) is 2. The van der Waals surface area contributed by atoms with Crippen molar-refractivity contribution < 1.29 is 19.5 Å². The Kier molecular flexibility index (Phi) is 13.7. The molecule has 0 saturated carbocycles. The summed E-state index contributed by atoms with van der Waals surface area (Å²) in [5.74, 6) is -1.53. The Bertz CT molecular complexity index is 1640. The number of benzene rings is 4. The first-order valence-corrected chi connectivity index (χ1v) is 16.7. The van der Waals surface area contributed by atoms with Gasteiger partial charge in [-0.25, -0.2) is 0 Å². The number of fused-ring (bicyclic) bond motifs is 1. The van der Waals surface area contributed by atoms with Gasteiger partial charge in [-0.15, -0.1) is 0 Å². The van der Waals surface area contributed by atoms with Gasteiger partial charge in [-0.3, -0.25) is 14.4 Å². The maximum Gasteiger partial charge on any atom is 0.251 e. The molecule has 0 fully saturated rings. The van der Waals surface area contributed by atoms with Crippen molar-refractivity contribution in [3.63, 3.8) is 0 Å². The first-order valence-electron chi connectivity index (χ1n) is 16.7. The molecule has 254 valence electrons. The van der Waals surface area contributed by atoms with Gasteiger partial charge in [0.1, 0.15) is 6.04 Å². The molecule has 0 aliphatic heterocycles. The van der Waals surface area contributed by atoms with E-state index in [2.05, 4.69) is 16.7 Å². The molecule has 4 aromatic carbocycles. The van der Waals surface area contributed by atoms with Gasteiger partial charge in [-0.2, -0.15) is 0 Å². The largest absolute Gasteiger partial charge is 0.391 e. The zero-order valence-electron chi connectivity index (χ0n) is 28.0. The molecule has 0 aliphatic rings. The van der Waals surface area contributed by atoms with Gasteiger partial charge >= 0.3 is 0 Å². The number of nitrogens with one attached hydrogen (secondary N) is 2. The minimum absolute atomic E-state index is 0.0633. The van der Waals surface area contributed by atoms with Gasteiger partial charge in [0.2, 0.25) is 11.8 Å². The fourth-order valence-corrected chi connectivity index (χ4v) is 5.98. The van der Waals surface area contributed by atoms with E-state index in [0.717, 1.165) is 33.9 Å². The number of rotatable bonds is 17. The van der Waals surface area contributed by atoms with Crippen molar-refractivity contribution in [1.82, 2.24) is 15.5 Å². The van der Waals surface area contributed by atoms with Crippen LogP contribution in [0.1, 0.15) is 52.7 Å². The highest BCUT2D eigenvalue weighted by Crippen LogP contribution is 2.22. The van der Waals surface area contributed by atoms with Gasteiger partial charge in [0.05, 0.1) is 12.1 Å². The van der Waals surface area contributed by atoms with Crippen molar-refractivity contribution >= 4 is 28.5 Å². The van der Waals surface area contributed by atoms with Crippen molar-refractivity contribution in [3.05, 3.63) is 119 Å². The Morgan fingerprint density at radius 3 is 2.17 bits per heavy atom. The second-order valence-corrected chi connectivity index (χ2v) is 12.6. The lowest BCUT2D eigenvalue weighted by atomic mass is 9.88. The van der Waals surface area contributed by atoms with E-state index in [-0.39, 0.29) is 24.1 Å². The lowest BCUT2D eigenvalue weighted by Gasteiger charge is -2.29. The number of carbonyl (C=O) groups is 3. The summed E-state index contributed by atoms with van der Waals surface area (Å²) in [5.41, 5.74) is 14.6. The molecule has 48 heavy (non-hydrogen) atoms. The van der Waals surface area contributed by atoms with Gasteiger partial charge in [0.15, 0.2) is 0 Å². The summed E-state index contributed by atoms with van der Waals surface area (Å²) in [6.45, 7) is 0.796. The van der Waals surface area contributed by atoms with E-state index in [1.807, 2.05) is 72.8 Å². The van der Waals surface area contributed by atoms with E-state index in [1.165, 1.54) is 4.90 Å². The average molecular weight is 652 g/mol. The second kappa shape index (κ2) is 18.1. The number of unbranched alkanes of at least 4 members (excludes halogenated alkanes) is 1. The molecule has 7 N–H and O–H groups in total. The summed E-state index contributed by atoms with van der Waals surface area (Å²) in [6.07, 6.45) is 1.57. The number of hydrogen-bond acceptors (Lipinski definition) is 6. The monoisotopic (exact) mass is 651 g/mol. The third kappa shape index (κ3) is 10.5. The standard InChI is InChI=1S/C39H49N5O4/c1-44(2)39(48)34(17-8-9-20-40)42-38(47)33(21-27-11-4-3-5-12-27)25-36(45)35(43-37(46)32-16-10-13-29(23-32)26-41)24-28-18-19-30-14-6-7-15-31(30)22-28/h3-7,10-16,18-19,22-23,33-36,45H,8-9,17,20-21,24-26,40-41H2,1-2H3,(H,42,47)(H,43,46). The Morgan fingerprint density at radius 2 is 1.46 bits per heavy atom. The predicted octanol–water partition coefficient (Wildman–Crippen LogP) is 3.95. The van der Waals surface area contributed by atoms with Gasteiger partial charge in [-0.05, 0) is 84.7 Å². The van der Waals surface area contributed by atoms with Gasteiger partial charge in [-0.1, -0.05) is 84.9 Å². The van der Waals surface area contributed by atoms with Gasteiger partial charge < -0.3 is 32.1 Å². The number of nitrogens with zero attached hydrogens (tertiary/aromatic N) is 1. The third-order valence-electron chi connectivity index (χ3n) is 8.70. The SMILES string of the molecule is CN(C)C(=O)C(CCCCN)NC(=O)C(Cc1ccccc1)CC(O)C(Cc1ccc2ccccc2c1)NC(=O)c1cccc(CN)c1. The lowest BCUT2D eigenvalue weighted by molar-refractivity contribution is -0.136. The smallest absolute Gasteiger partial charge is 0.251 e. The van der Waals surface area contributed by atoms with Crippen LogP contribution in [0.5, 0.6) is 0 Å². The van der Waals surface area contributed by atoms with Crippen molar-refractivity contribution in [1.29, 1.82) is 0 Å². The Morgan fingerprint density at radius 1 is 0.750 bits per heavy atom. The number of likely N-dealkylation sites (N-methyl/N-ethyl adjacent to an activating group) is 1. The molecule has 4 rings (SSSR count). The molecule has 0 heterocycles. The molecule has 0 radical (unpaired) electrons. The minimum Gasteiger partial charge on any atom is -0.391 e. The second-order valence-electron chi connectivity index (χ2n) is 12.6. The summed E-state index contributed by atoms with van der Waals surface area (Å²) in [4.78, 5) is 42.1. The summed E-state index contributed by atoms with van der Waals surface area (Å²) in [6, 6.07) is 29.4. The minimum atomic E-state index is -1.09. The summed E-state index contributed by atoms with van der Waals surface area (Å²) in [5, 5.41) is 20.1. The maximum absolute atomic E-state index is 14.0. The van der Waals surface area contributed by atoms with Crippen LogP contribution >= 0.6 is 0 Å². The van der Waals surface area contributed by atoms with Crippen LogP contribution in [0, 0.1) is 5.92 Å². The quantitative estimate of drug-likeness (QED) is 0.109. The predicted molar refractivity (Wildman–Crippen MR) is 191 cm³/mol. The van der Waals surface area contributed by atoms with Crippen LogP contribution < -0.4 is 22.1 Å². The molecule has 3 amide bonds. The van der Waals surface area contributed by atoms with Crippen LogP contribution in [-0.4, -0.2) is 66.6 Å². The summed E-state index contributed by atoms with van der Waals surface area (Å²) in [7, 11) is 3.33. The van der Waals surface area contributed by atoms with Crippen LogP contribution in [0.15, 0.2) is 97.1 Å². The Hall–Kier alpha value is -4.57. The van der Waals surface area contributed by atoms with Crippen molar-refractivity contribution in [2.24, 2.45) is 17.4 Å². The van der Waals surface area contributed by atoms with Crippen molar-refractivity contribution in [2.75, 3.05) is 20.6 Å². The third-order valence-corrected chi connectivity index (χ3v) is 8.70. The molecule has 0 aliphatic carbocycles. The van der Waals surface area contributed by atoms with Gasteiger partial charge in [0, 0.05) is 32.1 Å². The van der Waals surface area contributed by atoms with E-state index in [4.69, 9.17) is 11.5 Å². The van der Waals surface area contributed by atoms with Crippen LogP contribution in [-0.2, 0) is 29.0 Å². The average Bonchev–Trinajstić information content (AvgIpc) is 3.10. The van der Waals surface area contributed by atoms with Crippen LogP contribution in [0.3, 0.4) is 0 Å². The molecule has 9 nitrogen and oxygen atoms in total. The zero-order valence-corrected chi connectivity index (χ0v) is 28.0. The highest BCUT2D eigenvalue weighted by atomic mass is 16.3. The zero-order chi connectivity index (χ0) is 34.5. The van der Waals surface area contributed by atoms with E-state index in [0.29, 0.717) is 44.3 Å². The lowest BCUT2D eigenvalue weighted by Crippen LogP contribution is -2.50. The molecule has 9 heteroatoms. The maximum atomic E-state index is 14.0. The van der Waals surface area contributed by atoms with Crippen LogP contribution in [0.2, 0.25) is 0 Å². The molecule has 0 bridgehead atoms.